The average molecular weight is 468 g/mol. The fourth-order valence-corrected chi connectivity index (χ4v) is 3.79. The van der Waals surface area contributed by atoms with Gasteiger partial charge in [0.15, 0.2) is 6.10 Å². The minimum absolute atomic E-state index is 0.0405. The Kier molecular flexibility index (Phi) is 8.48. The van der Waals surface area contributed by atoms with Gasteiger partial charge >= 0.3 is 5.97 Å². The Hall–Kier alpha value is -3.09. The van der Waals surface area contributed by atoms with E-state index >= 15 is 0 Å². The zero-order chi connectivity index (χ0) is 22.9. The number of esters is 1. The first-order chi connectivity index (χ1) is 15.4. The minimum atomic E-state index is -0.943. The van der Waals surface area contributed by atoms with Gasteiger partial charge < -0.3 is 10.1 Å². The van der Waals surface area contributed by atoms with E-state index in [1.807, 2.05) is 54.6 Å². The molecule has 1 unspecified atom stereocenters. The Balaban J connectivity index is 1.42. The van der Waals surface area contributed by atoms with Crippen molar-refractivity contribution < 1.29 is 19.1 Å². The number of carbonyl (C=O) groups excluding carboxylic acids is 3. The molecule has 1 N–H and O–H groups in total. The van der Waals surface area contributed by atoms with Gasteiger partial charge in [-0.2, -0.15) is 0 Å². The summed E-state index contributed by atoms with van der Waals surface area (Å²) in [5.41, 5.74) is 1.05. The molecule has 3 aromatic carbocycles. The van der Waals surface area contributed by atoms with E-state index in [4.69, 9.17) is 16.3 Å². The fourth-order valence-electron chi connectivity index (χ4n) is 2.83. The van der Waals surface area contributed by atoms with E-state index in [1.54, 1.807) is 36.0 Å². The molecule has 0 saturated heterocycles. The van der Waals surface area contributed by atoms with Crippen LogP contribution in [-0.4, -0.2) is 23.8 Å². The van der Waals surface area contributed by atoms with Crippen LogP contribution in [0.5, 0.6) is 0 Å². The summed E-state index contributed by atoms with van der Waals surface area (Å²) >= 11 is 7.44. The molecule has 1 amide bonds. The summed E-state index contributed by atoms with van der Waals surface area (Å²) in [6.07, 6.45) is -1.10. The smallest absolute Gasteiger partial charge is 0.307 e. The van der Waals surface area contributed by atoms with E-state index < -0.39 is 12.1 Å². The molecule has 32 heavy (non-hydrogen) atoms. The highest BCUT2D eigenvalue weighted by Gasteiger charge is 2.20. The van der Waals surface area contributed by atoms with Gasteiger partial charge in [0, 0.05) is 32.5 Å². The van der Waals surface area contributed by atoms with Crippen molar-refractivity contribution in [1.29, 1.82) is 0 Å². The van der Waals surface area contributed by atoms with Crippen molar-refractivity contribution in [3.63, 3.8) is 0 Å². The normalized spacial score (nSPS) is 11.4. The molecule has 0 spiro atoms. The van der Waals surface area contributed by atoms with Crippen LogP contribution in [0.25, 0.3) is 0 Å². The first-order valence-corrected chi connectivity index (χ1v) is 11.2. The number of hydrogen-bond donors (Lipinski definition) is 1. The Morgan fingerprint density at radius 3 is 2.16 bits per heavy atom. The average Bonchev–Trinajstić information content (AvgIpc) is 2.80. The summed E-state index contributed by atoms with van der Waals surface area (Å²) in [5, 5.41) is 3.28. The number of ketones is 1. The second-order valence-electron chi connectivity index (χ2n) is 6.99. The quantitative estimate of drug-likeness (QED) is 0.307. The Labute approximate surface area is 196 Å². The van der Waals surface area contributed by atoms with Crippen molar-refractivity contribution in [3.05, 3.63) is 89.4 Å². The lowest BCUT2D eigenvalue weighted by Gasteiger charge is -2.12. The molecule has 1 atom stereocenters. The standard InChI is InChI=1S/C25H22ClNO4S/c1-17(25(30)18-7-9-19(26)10-8-18)31-24(29)16-15-23(28)27-20-11-13-22(14-12-20)32-21-5-3-2-4-6-21/h2-14,17H,15-16H2,1H3,(H,27,28). The Morgan fingerprint density at radius 1 is 0.875 bits per heavy atom. The number of rotatable bonds is 9. The van der Waals surface area contributed by atoms with Crippen LogP contribution in [0, 0.1) is 0 Å². The first-order valence-electron chi connectivity index (χ1n) is 10.0. The molecule has 0 aliphatic rings. The molecule has 0 fully saturated rings. The molecular formula is C25H22ClNO4S. The van der Waals surface area contributed by atoms with Crippen LogP contribution in [0.1, 0.15) is 30.1 Å². The highest BCUT2D eigenvalue weighted by molar-refractivity contribution is 7.99. The van der Waals surface area contributed by atoms with Crippen molar-refractivity contribution >= 4 is 46.7 Å². The first kappa shape index (κ1) is 23.6. The van der Waals surface area contributed by atoms with Crippen molar-refractivity contribution in [2.75, 3.05) is 5.32 Å². The Bertz CT molecular complexity index is 1070. The van der Waals surface area contributed by atoms with E-state index in [0.29, 0.717) is 16.3 Å². The monoisotopic (exact) mass is 467 g/mol. The summed E-state index contributed by atoms with van der Waals surface area (Å²) in [4.78, 5) is 38.7. The van der Waals surface area contributed by atoms with E-state index in [-0.39, 0.29) is 24.5 Å². The zero-order valence-electron chi connectivity index (χ0n) is 17.4. The second-order valence-corrected chi connectivity index (χ2v) is 8.57. The van der Waals surface area contributed by atoms with Gasteiger partial charge in [0.05, 0.1) is 6.42 Å². The number of Topliss-reactive ketones (excluding diaryl/α,β-unsaturated/α-hetero) is 1. The molecule has 0 bridgehead atoms. The van der Waals surface area contributed by atoms with Crippen molar-refractivity contribution in [1.82, 2.24) is 0 Å². The summed E-state index contributed by atoms with van der Waals surface area (Å²) in [6.45, 7) is 1.50. The maximum atomic E-state index is 12.3. The topological polar surface area (TPSA) is 72.5 Å². The van der Waals surface area contributed by atoms with Crippen LogP contribution in [0.4, 0.5) is 5.69 Å². The largest absolute Gasteiger partial charge is 0.454 e. The highest BCUT2D eigenvalue weighted by Crippen LogP contribution is 2.28. The molecule has 3 rings (SSSR count). The molecule has 0 aliphatic heterocycles. The number of ether oxygens (including phenoxy) is 1. The number of carbonyl (C=O) groups is 3. The van der Waals surface area contributed by atoms with Crippen LogP contribution < -0.4 is 5.32 Å². The highest BCUT2D eigenvalue weighted by atomic mass is 35.5. The van der Waals surface area contributed by atoms with Crippen molar-refractivity contribution in [3.8, 4) is 0 Å². The van der Waals surface area contributed by atoms with Gasteiger partial charge in [-0.15, -0.1) is 0 Å². The molecule has 7 heteroatoms. The van der Waals surface area contributed by atoms with E-state index in [9.17, 15) is 14.4 Å². The van der Waals surface area contributed by atoms with E-state index in [0.717, 1.165) is 9.79 Å². The van der Waals surface area contributed by atoms with Crippen molar-refractivity contribution in [2.24, 2.45) is 0 Å². The Morgan fingerprint density at radius 2 is 1.50 bits per heavy atom. The maximum Gasteiger partial charge on any atom is 0.307 e. The lowest BCUT2D eigenvalue weighted by molar-refractivity contribution is -0.147. The molecule has 0 radical (unpaired) electrons. The lowest BCUT2D eigenvalue weighted by Crippen LogP contribution is -2.25. The SMILES string of the molecule is CC(OC(=O)CCC(=O)Nc1ccc(Sc2ccccc2)cc1)C(=O)c1ccc(Cl)cc1. The van der Waals surface area contributed by atoms with Crippen LogP contribution in [0.2, 0.25) is 5.02 Å². The van der Waals surface area contributed by atoms with E-state index in [2.05, 4.69) is 5.32 Å². The van der Waals surface area contributed by atoms with Crippen LogP contribution in [-0.2, 0) is 14.3 Å². The molecule has 3 aromatic rings. The predicted molar refractivity (Wildman–Crippen MR) is 126 cm³/mol. The molecule has 164 valence electrons. The number of anilines is 1. The van der Waals surface area contributed by atoms with Gasteiger partial charge in [-0.25, -0.2) is 0 Å². The number of benzene rings is 3. The third-order valence-electron chi connectivity index (χ3n) is 4.48. The fraction of sp³-hybridized carbons (Fsp3) is 0.160. The lowest BCUT2D eigenvalue weighted by atomic mass is 10.1. The minimum Gasteiger partial charge on any atom is -0.454 e. The van der Waals surface area contributed by atoms with Crippen LogP contribution >= 0.6 is 23.4 Å². The van der Waals surface area contributed by atoms with Crippen LogP contribution in [0.15, 0.2) is 88.7 Å². The summed E-state index contributed by atoms with van der Waals surface area (Å²) < 4.78 is 5.17. The molecule has 0 aromatic heterocycles. The number of amides is 1. The number of nitrogens with one attached hydrogen (secondary N) is 1. The maximum absolute atomic E-state index is 12.3. The molecule has 0 saturated carbocycles. The van der Waals surface area contributed by atoms with Gasteiger partial charge in [0.25, 0.3) is 0 Å². The van der Waals surface area contributed by atoms with Crippen molar-refractivity contribution in [2.45, 2.75) is 35.7 Å². The summed E-state index contributed by atoms with van der Waals surface area (Å²) in [5.74, 6) is -1.24. The molecule has 5 nitrogen and oxygen atoms in total. The predicted octanol–water partition coefficient (Wildman–Crippen LogP) is 6.02. The van der Waals surface area contributed by atoms with Gasteiger partial charge in [-0.05, 0) is 67.6 Å². The number of hydrogen-bond acceptors (Lipinski definition) is 5. The summed E-state index contributed by atoms with van der Waals surface area (Å²) in [7, 11) is 0. The third-order valence-corrected chi connectivity index (χ3v) is 5.75. The molecular weight excluding hydrogens is 446 g/mol. The zero-order valence-corrected chi connectivity index (χ0v) is 19.0. The number of halogens is 1. The third kappa shape index (κ3) is 7.25. The van der Waals surface area contributed by atoms with Gasteiger partial charge in [0.2, 0.25) is 11.7 Å². The summed E-state index contributed by atoms with van der Waals surface area (Å²) in [6, 6.07) is 23.8. The second kappa shape index (κ2) is 11.5. The van der Waals surface area contributed by atoms with Crippen LogP contribution in [0.3, 0.4) is 0 Å². The molecule has 0 aliphatic carbocycles. The van der Waals surface area contributed by atoms with Gasteiger partial charge in [-0.1, -0.05) is 41.6 Å². The molecule has 0 heterocycles. The van der Waals surface area contributed by atoms with E-state index in [1.165, 1.54) is 6.92 Å². The van der Waals surface area contributed by atoms with Gasteiger partial charge in [-0.3, -0.25) is 14.4 Å². The van der Waals surface area contributed by atoms with Gasteiger partial charge in [0.1, 0.15) is 0 Å².